The summed E-state index contributed by atoms with van der Waals surface area (Å²) in [6.45, 7) is 2.19. The summed E-state index contributed by atoms with van der Waals surface area (Å²) in [5, 5.41) is 3.27. The minimum absolute atomic E-state index is 0. The molecule has 3 heterocycles. The predicted molar refractivity (Wildman–Crippen MR) is 114 cm³/mol. The summed E-state index contributed by atoms with van der Waals surface area (Å²) in [6.07, 6.45) is 4.64. The summed E-state index contributed by atoms with van der Waals surface area (Å²) in [5.41, 5.74) is 0.824. The van der Waals surface area contributed by atoms with Crippen LogP contribution in [0, 0.1) is 5.82 Å². The topological polar surface area (TPSA) is 80.5 Å². The van der Waals surface area contributed by atoms with Gasteiger partial charge in [0.2, 0.25) is 5.89 Å². The van der Waals surface area contributed by atoms with Crippen LogP contribution in [0.25, 0.3) is 11.5 Å². The monoisotopic (exact) mass is 454 g/mol. The van der Waals surface area contributed by atoms with E-state index in [2.05, 4.69) is 15.3 Å². The van der Waals surface area contributed by atoms with Gasteiger partial charge in [-0.15, -0.1) is 24.8 Å². The van der Waals surface area contributed by atoms with E-state index in [1.54, 1.807) is 35.5 Å². The van der Waals surface area contributed by atoms with E-state index in [1.807, 2.05) is 6.07 Å². The molecular weight excluding hydrogens is 434 g/mol. The van der Waals surface area contributed by atoms with Gasteiger partial charge in [0.05, 0.1) is 12.2 Å². The molecule has 1 atom stereocenters. The largest absolute Gasteiger partial charge is 0.490 e. The Balaban J connectivity index is 0.00000160. The molecule has 0 radical (unpaired) electrons. The lowest BCUT2D eigenvalue weighted by Gasteiger charge is -2.35. The Kier molecular flexibility index (Phi) is 8.58. The molecule has 1 unspecified atom stereocenters. The summed E-state index contributed by atoms with van der Waals surface area (Å²) in [7, 11) is 0. The zero-order chi connectivity index (χ0) is 19.3. The van der Waals surface area contributed by atoms with Gasteiger partial charge >= 0.3 is 0 Å². The number of benzene rings is 1. The second kappa shape index (κ2) is 10.9. The maximum absolute atomic E-state index is 13.1. The van der Waals surface area contributed by atoms with E-state index in [0.717, 1.165) is 0 Å². The first-order valence-corrected chi connectivity index (χ1v) is 8.97. The van der Waals surface area contributed by atoms with Crippen LogP contribution >= 0.6 is 24.8 Å². The van der Waals surface area contributed by atoms with E-state index in [4.69, 9.17) is 9.15 Å². The minimum atomic E-state index is -0.344. The third kappa shape index (κ3) is 5.47. The van der Waals surface area contributed by atoms with Crippen LogP contribution in [0.15, 0.2) is 59.5 Å². The molecule has 0 bridgehead atoms. The van der Waals surface area contributed by atoms with E-state index in [1.165, 1.54) is 18.4 Å². The van der Waals surface area contributed by atoms with Crippen molar-refractivity contribution in [3.05, 3.63) is 66.6 Å². The molecular formula is C20H21Cl2FN4O3. The van der Waals surface area contributed by atoms with E-state index < -0.39 is 0 Å². The summed E-state index contributed by atoms with van der Waals surface area (Å²) >= 11 is 0. The zero-order valence-electron chi connectivity index (χ0n) is 15.9. The molecule has 1 N–H and O–H groups in total. The molecule has 1 aliphatic rings. The standard InChI is InChI=1S/C20H19FN4O3.2ClH/c21-15-5-3-14(4-6-15)19-24-18(13-28-19)20(26)25-9-8-23-10-16(25)12-27-17-2-1-7-22-11-17;;/h1-7,11,13,16,23H,8-10,12H2;2*1H. The van der Waals surface area contributed by atoms with Crippen molar-refractivity contribution in [3.8, 4) is 17.2 Å². The normalized spacial score (nSPS) is 15.6. The van der Waals surface area contributed by atoms with Gasteiger partial charge in [-0.1, -0.05) is 0 Å². The van der Waals surface area contributed by atoms with Crippen LogP contribution < -0.4 is 10.1 Å². The van der Waals surface area contributed by atoms with E-state index in [9.17, 15) is 9.18 Å². The number of ether oxygens (including phenoxy) is 1. The van der Waals surface area contributed by atoms with Gasteiger partial charge in [0.25, 0.3) is 5.91 Å². The second-order valence-corrected chi connectivity index (χ2v) is 6.40. The number of rotatable bonds is 5. The number of amides is 1. The molecule has 160 valence electrons. The van der Waals surface area contributed by atoms with E-state index in [0.29, 0.717) is 37.6 Å². The van der Waals surface area contributed by atoms with Crippen LogP contribution in [0.5, 0.6) is 5.75 Å². The SMILES string of the molecule is Cl.Cl.O=C(c1coc(-c2ccc(F)cc2)n1)N1CCNCC1COc1cccnc1. The highest BCUT2D eigenvalue weighted by atomic mass is 35.5. The fourth-order valence-electron chi connectivity index (χ4n) is 3.05. The van der Waals surface area contributed by atoms with Crippen molar-refractivity contribution in [1.82, 2.24) is 20.2 Å². The molecule has 0 saturated carbocycles. The second-order valence-electron chi connectivity index (χ2n) is 6.40. The summed E-state index contributed by atoms with van der Waals surface area (Å²) in [5.74, 6) is 0.365. The fourth-order valence-corrected chi connectivity index (χ4v) is 3.05. The van der Waals surface area contributed by atoms with Crippen LogP contribution in [0.2, 0.25) is 0 Å². The maximum atomic E-state index is 13.1. The third-order valence-electron chi connectivity index (χ3n) is 4.50. The third-order valence-corrected chi connectivity index (χ3v) is 4.50. The first-order valence-electron chi connectivity index (χ1n) is 8.97. The number of carbonyl (C=O) groups excluding carboxylic acids is 1. The Morgan fingerprint density at radius 1 is 1.27 bits per heavy atom. The molecule has 1 aliphatic heterocycles. The Morgan fingerprint density at radius 3 is 2.80 bits per heavy atom. The Hall–Kier alpha value is -2.68. The van der Waals surface area contributed by atoms with E-state index >= 15 is 0 Å². The molecule has 0 spiro atoms. The molecule has 3 aromatic rings. The maximum Gasteiger partial charge on any atom is 0.276 e. The zero-order valence-corrected chi connectivity index (χ0v) is 17.5. The van der Waals surface area contributed by atoms with Crippen molar-refractivity contribution < 1.29 is 18.3 Å². The van der Waals surface area contributed by atoms with Crippen LogP contribution in [0.1, 0.15) is 10.5 Å². The number of nitrogens with one attached hydrogen (secondary N) is 1. The van der Waals surface area contributed by atoms with E-state index in [-0.39, 0.29) is 54.2 Å². The number of piperazine rings is 1. The number of hydrogen-bond acceptors (Lipinski definition) is 6. The molecule has 1 aromatic carbocycles. The minimum Gasteiger partial charge on any atom is -0.490 e. The van der Waals surface area contributed by atoms with Crippen LogP contribution in [-0.2, 0) is 0 Å². The predicted octanol–water partition coefficient (Wildman–Crippen LogP) is 3.21. The van der Waals surface area contributed by atoms with Gasteiger partial charge in [0.1, 0.15) is 24.4 Å². The molecule has 1 fully saturated rings. The van der Waals surface area contributed by atoms with Crippen LogP contribution in [-0.4, -0.2) is 53.1 Å². The molecule has 10 heteroatoms. The molecule has 4 rings (SSSR count). The molecule has 0 aliphatic carbocycles. The lowest BCUT2D eigenvalue weighted by Crippen LogP contribution is -2.56. The Labute approximate surface area is 185 Å². The number of nitrogens with zero attached hydrogens (tertiary/aromatic N) is 3. The molecule has 2 aromatic heterocycles. The lowest BCUT2D eigenvalue weighted by molar-refractivity contribution is 0.0553. The summed E-state index contributed by atoms with van der Waals surface area (Å²) in [4.78, 5) is 23.0. The fraction of sp³-hybridized carbons (Fsp3) is 0.250. The van der Waals surface area contributed by atoms with Gasteiger partial charge in [-0.05, 0) is 36.4 Å². The first kappa shape index (κ1) is 23.6. The van der Waals surface area contributed by atoms with Crippen molar-refractivity contribution in [1.29, 1.82) is 0 Å². The Bertz CT molecular complexity index is 941. The number of hydrogen-bond donors (Lipinski definition) is 1. The quantitative estimate of drug-likeness (QED) is 0.637. The van der Waals surface area contributed by atoms with Gasteiger partial charge in [-0.2, -0.15) is 0 Å². The van der Waals surface area contributed by atoms with Gasteiger partial charge in [0, 0.05) is 31.4 Å². The smallest absolute Gasteiger partial charge is 0.276 e. The number of oxazole rings is 1. The number of halogens is 3. The number of pyridine rings is 1. The van der Waals surface area contributed by atoms with Gasteiger partial charge in [0.15, 0.2) is 5.69 Å². The van der Waals surface area contributed by atoms with Crippen LogP contribution in [0.4, 0.5) is 4.39 Å². The highest BCUT2D eigenvalue weighted by Gasteiger charge is 2.30. The van der Waals surface area contributed by atoms with Crippen molar-refractivity contribution in [2.24, 2.45) is 0 Å². The van der Waals surface area contributed by atoms with Crippen LogP contribution in [0.3, 0.4) is 0 Å². The van der Waals surface area contributed by atoms with Crippen molar-refractivity contribution in [3.63, 3.8) is 0 Å². The highest BCUT2D eigenvalue weighted by molar-refractivity contribution is 5.92. The molecule has 7 nitrogen and oxygen atoms in total. The molecule has 1 saturated heterocycles. The van der Waals surface area contributed by atoms with Crippen molar-refractivity contribution >= 4 is 30.7 Å². The number of aromatic nitrogens is 2. The lowest BCUT2D eigenvalue weighted by atomic mass is 10.2. The summed E-state index contributed by atoms with van der Waals surface area (Å²) in [6, 6.07) is 9.24. The first-order chi connectivity index (χ1) is 13.7. The molecule has 30 heavy (non-hydrogen) atoms. The number of carbonyl (C=O) groups is 1. The van der Waals surface area contributed by atoms with Gasteiger partial charge < -0.3 is 19.4 Å². The van der Waals surface area contributed by atoms with Crippen molar-refractivity contribution in [2.45, 2.75) is 6.04 Å². The average Bonchev–Trinajstić information content (AvgIpc) is 3.23. The highest BCUT2D eigenvalue weighted by Crippen LogP contribution is 2.20. The van der Waals surface area contributed by atoms with Crippen molar-refractivity contribution in [2.75, 3.05) is 26.2 Å². The van der Waals surface area contributed by atoms with Gasteiger partial charge in [-0.25, -0.2) is 9.37 Å². The summed E-state index contributed by atoms with van der Waals surface area (Å²) < 4.78 is 24.3. The molecule has 1 amide bonds. The average molecular weight is 455 g/mol. The van der Waals surface area contributed by atoms with Gasteiger partial charge in [-0.3, -0.25) is 9.78 Å². The Morgan fingerprint density at radius 2 is 2.07 bits per heavy atom.